The summed E-state index contributed by atoms with van der Waals surface area (Å²) in [7, 11) is 0. The van der Waals surface area contributed by atoms with Crippen molar-refractivity contribution in [3.63, 3.8) is 0 Å². The quantitative estimate of drug-likeness (QED) is 0.304. The maximum atomic E-state index is 11.5. The fraction of sp³-hybridized carbons (Fsp3) is 0.167. The van der Waals surface area contributed by atoms with Crippen LogP contribution in [-0.4, -0.2) is 24.1 Å². The summed E-state index contributed by atoms with van der Waals surface area (Å²) in [5, 5.41) is 1.29. The Labute approximate surface area is 150 Å². The number of allylic oxidation sites excluding steroid dienone is 3. The molecule has 124 valence electrons. The van der Waals surface area contributed by atoms with Crippen molar-refractivity contribution in [3.8, 4) is 5.75 Å². The molecule has 2 aromatic rings. The molecule has 0 atom stereocenters. The number of aliphatic imine (C=N–C) groups is 1. The summed E-state index contributed by atoms with van der Waals surface area (Å²) >= 11 is 12.3. The Morgan fingerprint density at radius 1 is 1.38 bits per heavy atom. The van der Waals surface area contributed by atoms with Gasteiger partial charge in [0.25, 0.3) is 0 Å². The topological polar surface area (TPSA) is 51.6 Å². The molecule has 2 rings (SSSR count). The largest absolute Gasteiger partial charge is 0.486 e. The molecule has 0 unspecified atom stereocenters. The molecule has 0 N–H and O–H groups in total. The number of halogens is 2. The third kappa shape index (κ3) is 4.22. The van der Waals surface area contributed by atoms with Crippen LogP contribution in [0.15, 0.2) is 47.1 Å². The van der Waals surface area contributed by atoms with Gasteiger partial charge >= 0.3 is 0 Å². The molecule has 4 nitrogen and oxygen atoms in total. The van der Waals surface area contributed by atoms with Gasteiger partial charge in [-0.15, -0.1) is 0 Å². The number of nitrogens with zero attached hydrogens (tertiary/aromatic N) is 2. The molecule has 0 aliphatic rings. The van der Waals surface area contributed by atoms with E-state index in [9.17, 15) is 4.79 Å². The number of rotatable bonds is 6. The molecular formula is C18H16Cl2N2O2. The lowest BCUT2D eigenvalue weighted by molar-refractivity contribution is 0.101. The number of hydrogen-bond donors (Lipinski definition) is 0. The Hall–Kier alpha value is -2.17. The molecule has 6 heteroatoms. The summed E-state index contributed by atoms with van der Waals surface area (Å²) in [6, 6.07) is 5.05. The number of hydrogen-bond acceptors (Lipinski definition) is 4. The van der Waals surface area contributed by atoms with Crippen LogP contribution in [0.5, 0.6) is 5.75 Å². The molecule has 0 saturated heterocycles. The lowest BCUT2D eigenvalue weighted by Crippen LogP contribution is -2.01. The summed E-state index contributed by atoms with van der Waals surface area (Å²) in [6.07, 6.45) is 5.53. The fourth-order valence-corrected chi connectivity index (χ4v) is 2.52. The minimum Gasteiger partial charge on any atom is -0.486 e. The summed E-state index contributed by atoms with van der Waals surface area (Å²) in [6.45, 7) is 7.07. The number of pyridine rings is 1. The Bertz CT molecular complexity index is 858. The van der Waals surface area contributed by atoms with Gasteiger partial charge in [-0.05, 0) is 38.8 Å². The van der Waals surface area contributed by atoms with E-state index in [0.717, 1.165) is 0 Å². The molecule has 0 radical (unpaired) electrons. The maximum Gasteiger partial charge on any atom is 0.162 e. The van der Waals surface area contributed by atoms with Gasteiger partial charge in [0.15, 0.2) is 5.78 Å². The van der Waals surface area contributed by atoms with Crippen LogP contribution in [0.4, 0.5) is 0 Å². The Balaban J connectivity index is 2.35. The van der Waals surface area contributed by atoms with Crippen molar-refractivity contribution in [2.24, 2.45) is 4.99 Å². The average molecular weight is 363 g/mol. The Morgan fingerprint density at radius 3 is 2.75 bits per heavy atom. The lowest BCUT2D eigenvalue weighted by atomic mass is 10.1. The molecule has 0 amide bonds. The van der Waals surface area contributed by atoms with Gasteiger partial charge in [0.1, 0.15) is 17.5 Å². The van der Waals surface area contributed by atoms with Gasteiger partial charge in [0.05, 0.1) is 21.8 Å². The number of ether oxygens (including phenoxy) is 1. The van der Waals surface area contributed by atoms with Crippen molar-refractivity contribution in [1.82, 2.24) is 4.98 Å². The van der Waals surface area contributed by atoms with E-state index in [0.29, 0.717) is 32.9 Å². The van der Waals surface area contributed by atoms with Crippen molar-refractivity contribution in [2.45, 2.75) is 13.8 Å². The van der Waals surface area contributed by atoms with Crippen LogP contribution in [0.1, 0.15) is 24.2 Å². The highest BCUT2D eigenvalue weighted by atomic mass is 35.5. The van der Waals surface area contributed by atoms with E-state index in [4.69, 9.17) is 27.9 Å². The normalized spacial score (nSPS) is 11.9. The average Bonchev–Trinajstić information content (AvgIpc) is 2.55. The van der Waals surface area contributed by atoms with Crippen LogP contribution in [0.2, 0.25) is 10.2 Å². The smallest absolute Gasteiger partial charge is 0.162 e. The fourth-order valence-electron chi connectivity index (χ4n) is 2.01. The minimum atomic E-state index is -0.151. The lowest BCUT2D eigenvalue weighted by Gasteiger charge is -2.10. The van der Waals surface area contributed by atoms with E-state index in [-0.39, 0.29) is 17.5 Å². The molecule has 0 aliphatic carbocycles. The van der Waals surface area contributed by atoms with Gasteiger partial charge in [-0.1, -0.05) is 35.4 Å². The van der Waals surface area contributed by atoms with Crippen molar-refractivity contribution in [2.75, 3.05) is 6.61 Å². The summed E-state index contributed by atoms with van der Waals surface area (Å²) < 4.78 is 5.69. The standard InChI is InChI=1S/C18H16Cl2N2O2/c1-4-5-6-13(21-3)10-24-17-9-16-12(8-15(17)19)7-14(11(2)23)18(20)22-16/h4-9H,3,10H2,1-2H3/b5-4-,13-6-. The van der Waals surface area contributed by atoms with Crippen molar-refractivity contribution in [1.29, 1.82) is 0 Å². The first-order chi connectivity index (χ1) is 11.5. The van der Waals surface area contributed by atoms with E-state index in [1.165, 1.54) is 6.92 Å². The number of ketones is 1. The predicted octanol–water partition coefficient (Wildman–Crippen LogP) is 5.28. The number of aromatic nitrogens is 1. The first kappa shape index (κ1) is 18.2. The van der Waals surface area contributed by atoms with E-state index in [2.05, 4.69) is 16.7 Å². The third-order valence-corrected chi connectivity index (χ3v) is 3.84. The number of benzene rings is 1. The van der Waals surface area contributed by atoms with Crippen LogP contribution in [-0.2, 0) is 0 Å². The first-order valence-corrected chi connectivity index (χ1v) is 7.94. The predicted molar refractivity (Wildman–Crippen MR) is 99.7 cm³/mol. The van der Waals surface area contributed by atoms with Crippen LogP contribution in [0.25, 0.3) is 10.9 Å². The second-order valence-electron chi connectivity index (χ2n) is 4.99. The van der Waals surface area contributed by atoms with Gasteiger partial charge in [0, 0.05) is 11.5 Å². The highest BCUT2D eigenvalue weighted by Gasteiger charge is 2.12. The summed E-state index contributed by atoms with van der Waals surface area (Å²) in [5.41, 5.74) is 1.62. The van der Waals surface area contributed by atoms with Crippen molar-refractivity contribution < 1.29 is 9.53 Å². The zero-order valence-corrected chi connectivity index (χ0v) is 14.9. The number of Topliss-reactive ketones (excluding diaryl/α,β-unsaturated/α-hetero) is 1. The molecule has 1 aromatic heterocycles. The number of carbonyl (C=O) groups is 1. The van der Waals surface area contributed by atoms with Gasteiger partial charge in [-0.3, -0.25) is 9.79 Å². The van der Waals surface area contributed by atoms with E-state index in [1.54, 1.807) is 24.3 Å². The molecule has 0 spiro atoms. The minimum absolute atomic E-state index is 0.151. The monoisotopic (exact) mass is 362 g/mol. The Kier molecular flexibility index (Phi) is 6.12. The number of carbonyl (C=O) groups excluding carboxylic acids is 1. The molecular weight excluding hydrogens is 347 g/mol. The van der Waals surface area contributed by atoms with Crippen molar-refractivity contribution >= 4 is 46.6 Å². The van der Waals surface area contributed by atoms with Gasteiger partial charge in [-0.2, -0.15) is 0 Å². The molecule has 1 aromatic carbocycles. The maximum absolute atomic E-state index is 11.5. The molecule has 0 bridgehead atoms. The summed E-state index contributed by atoms with van der Waals surface area (Å²) in [5.74, 6) is 0.306. The van der Waals surface area contributed by atoms with Gasteiger partial charge < -0.3 is 4.74 Å². The molecule has 24 heavy (non-hydrogen) atoms. The van der Waals surface area contributed by atoms with Crippen molar-refractivity contribution in [3.05, 3.63) is 57.9 Å². The molecule has 0 aliphatic heterocycles. The second kappa shape index (κ2) is 8.08. The van der Waals surface area contributed by atoms with Crippen LogP contribution in [0, 0.1) is 0 Å². The van der Waals surface area contributed by atoms with E-state index in [1.807, 2.05) is 19.1 Å². The molecule has 0 saturated carbocycles. The number of fused-ring (bicyclic) bond motifs is 1. The third-order valence-electron chi connectivity index (χ3n) is 3.26. The highest BCUT2D eigenvalue weighted by Crippen LogP contribution is 2.31. The van der Waals surface area contributed by atoms with E-state index >= 15 is 0 Å². The van der Waals surface area contributed by atoms with E-state index < -0.39 is 0 Å². The highest BCUT2D eigenvalue weighted by molar-refractivity contribution is 6.34. The SMILES string of the molecule is C=N/C(=C\C=C/C)COc1cc2nc(Cl)c(C(C)=O)cc2cc1Cl. The second-order valence-corrected chi connectivity index (χ2v) is 5.75. The summed E-state index contributed by atoms with van der Waals surface area (Å²) in [4.78, 5) is 19.7. The van der Waals surface area contributed by atoms with Crippen LogP contribution < -0.4 is 4.74 Å². The first-order valence-electron chi connectivity index (χ1n) is 7.18. The molecule has 1 heterocycles. The Morgan fingerprint density at radius 2 is 2.12 bits per heavy atom. The zero-order valence-electron chi connectivity index (χ0n) is 13.3. The van der Waals surface area contributed by atoms with Gasteiger partial charge in [-0.25, -0.2) is 4.98 Å². The van der Waals surface area contributed by atoms with Crippen LogP contribution in [0.3, 0.4) is 0 Å². The van der Waals surface area contributed by atoms with Crippen LogP contribution >= 0.6 is 23.2 Å². The zero-order chi connectivity index (χ0) is 17.7. The molecule has 0 fully saturated rings. The van der Waals surface area contributed by atoms with Gasteiger partial charge in [0.2, 0.25) is 0 Å².